The minimum Gasteiger partial charge on any atom is -0.507 e. The molecule has 9 heteroatoms. The molecule has 3 N–H and O–H groups in total. The van der Waals surface area contributed by atoms with E-state index in [2.05, 4.69) is 4.99 Å². The van der Waals surface area contributed by atoms with Gasteiger partial charge in [-0.3, -0.25) is 15.1 Å². The van der Waals surface area contributed by atoms with Crippen LogP contribution < -0.4 is 15.2 Å². The topological polar surface area (TPSA) is 144 Å². The SMILES string of the molecule is COc1cccc(N=Cc2ccc(O)c3c2OC(N)=C(C#N)[C@@H]3c2ccccc2[N+](=O)[O-])c1. The third-order valence-electron chi connectivity index (χ3n) is 5.23. The van der Waals surface area contributed by atoms with Gasteiger partial charge in [0, 0.05) is 29.5 Å². The summed E-state index contributed by atoms with van der Waals surface area (Å²) in [4.78, 5) is 15.6. The quantitative estimate of drug-likeness (QED) is 0.341. The van der Waals surface area contributed by atoms with Crippen LogP contribution in [-0.4, -0.2) is 23.4 Å². The summed E-state index contributed by atoms with van der Waals surface area (Å²) in [6, 6.07) is 18.1. The largest absolute Gasteiger partial charge is 0.507 e. The van der Waals surface area contributed by atoms with Crippen molar-refractivity contribution in [3.63, 3.8) is 0 Å². The number of hydrogen-bond donors (Lipinski definition) is 2. The molecule has 0 radical (unpaired) electrons. The monoisotopic (exact) mass is 442 g/mol. The van der Waals surface area contributed by atoms with Gasteiger partial charge < -0.3 is 20.3 Å². The number of nitro benzene ring substituents is 1. The van der Waals surface area contributed by atoms with Crippen LogP contribution in [0.5, 0.6) is 17.2 Å². The number of methoxy groups -OCH3 is 1. The number of hydrogen-bond acceptors (Lipinski definition) is 8. The minimum atomic E-state index is -0.995. The Morgan fingerprint density at radius 2 is 2.03 bits per heavy atom. The predicted molar refractivity (Wildman–Crippen MR) is 121 cm³/mol. The standard InChI is InChI=1S/C24H18N4O5/c1-32-16-6-4-5-15(11-16)27-13-14-9-10-20(29)22-21(18(12-25)24(26)33-23(14)22)17-7-2-3-8-19(17)28(30)31/h2-11,13,21,29H,26H2,1H3/t21-/m0/s1. The zero-order valence-corrected chi connectivity index (χ0v) is 17.4. The number of benzene rings is 3. The molecule has 0 saturated carbocycles. The van der Waals surface area contributed by atoms with Gasteiger partial charge in [-0.05, 0) is 24.3 Å². The van der Waals surface area contributed by atoms with Crippen molar-refractivity contribution in [1.29, 1.82) is 5.26 Å². The van der Waals surface area contributed by atoms with Gasteiger partial charge in [0.25, 0.3) is 5.69 Å². The number of aromatic hydroxyl groups is 1. The Hall–Kier alpha value is -4.84. The number of phenolic OH excluding ortho intramolecular Hbond substituents is 1. The molecule has 0 fully saturated rings. The van der Waals surface area contributed by atoms with Gasteiger partial charge in [-0.25, -0.2) is 0 Å². The van der Waals surface area contributed by atoms with E-state index >= 15 is 0 Å². The Balaban J connectivity index is 1.89. The first kappa shape index (κ1) is 21.4. The van der Waals surface area contributed by atoms with Crippen LogP contribution in [-0.2, 0) is 0 Å². The molecule has 3 aromatic carbocycles. The van der Waals surface area contributed by atoms with Crippen molar-refractivity contribution in [3.8, 4) is 23.3 Å². The molecule has 0 unspecified atom stereocenters. The Morgan fingerprint density at radius 3 is 2.76 bits per heavy atom. The van der Waals surface area contributed by atoms with Crippen molar-refractivity contribution in [1.82, 2.24) is 0 Å². The van der Waals surface area contributed by atoms with Crippen molar-refractivity contribution >= 4 is 17.6 Å². The lowest BCUT2D eigenvalue weighted by atomic mass is 9.81. The molecule has 0 amide bonds. The van der Waals surface area contributed by atoms with Crippen molar-refractivity contribution in [2.45, 2.75) is 5.92 Å². The highest BCUT2D eigenvalue weighted by molar-refractivity contribution is 5.88. The van der Waals surface area contributed by atoms with E-state index in [4.69, 9.17) is 15.2 Å². The van der Waals surface area contributed by atoms with Crippen LogP contribution in [0.4, 0.5) is 11.4 Å². The van der Waals surface area contributed by atoms with Gasteiger partial charge in [0.1, 0.15) is 28.9 Å². The fourth-order valence-corrected chi connectivity index (χ4v) is 3.72. The molecule has 0 aromatic heterocycles. The van der Waals surface area contributed by atoms with Crippen LogP contribution in [0.1, 0.15) is 22.6 Å². The van der Waals surface area contributed by atoms with Gasteiger partial charge in [0.05, 0.1) is 29.2 Å². The van der Waals surface area contributed by atoms with Crippen molar-refractivity contribution in [2.24, 2.45) is 10.7 Å². The maximum atomic E-state index is 11.7. The van der Waals surface area contributed by atoms with E-state index in [1.165, 1.54) is 30.5 Å². The van der Waals surface area contributed by atoms with E-state index in [1.807, 2.05) is 6.07 Å². The third-order valence-corrected chi connectivity index (χ3v) is 5.23. The molecule has 0 bridgehead atoms. The number of ether oxygens (including phenoxy) is 2. The zero-order valence-electron chi connectivity index (χ0n) is 17.4. The smallest absolute Gasteiger partial charge is 0.273 e. The highest BCUT2D eigenvalue weighted by Crippen LogP contribution is 2.49. The van der Waals surface area contributed by atoms with Gasteiger partial charge >= 0.3 is 0 Å². The average Bonchev–Trinajstić information content (AvgIpc) is 2.83. The molecule has 0 spiro atoms. The molecule has 164 valence electrons. The highest BCUT2D eigenvalue weighted by Gasteiger charge is 2.37. The van der Waals surface area contributed by atoms with Crippen LogP contribution in [0.3, 0.4) is 0 Å². The number of fused-ring (bicyclic) bond motifs is 1. The summed E-state index contributed by atoms with van der Waals surface area (Å²) in [6.07, 6.45) is 1.52. The van der Waals surface area contributed by atoms with Crippen LogP contribution in [0, 0.1) is 21.4 Å². The molecule has 9 nitrogen and oxygen atoms in total. The van der Waals surface area contributed by atoms with E-state index in [1.54, 1.807) is 43.5 Å². The Labute approximate surface area is 188 Å². The summed E-state index contributed by atoms with van der Waals surface area (Å²) in [5.41, 5.74) is 7.30. The zero-order chi connectivity index (χ0) is 23.5. The Kier molecular flexibility index (Phi) is 5.66. The number of allylic oxidation sites excluding steroid dienone is 1. The number of nitrogens with zero attached hydrogens (tertiary/aromatic N) is 3. The van der Waals surface area contributed by atoms with E-state index < -0.39 is 10.8 Å². The number of rotatable bonds is 5. The maximum absolute atomic E-state index is 11.7. The highest BCUT2D eigenvalue weighted by atomic mass is 16.6. The van der Waals surface area contributed by atoms with E-state index in [-0.39, 0.29) is 39.8 Å². The second-order valence-corrected chi connectivity index (χ2v) is 7.12. The molecule has 3 aromatic rings. The second-order valence-electron chi connectivity index (χ2n) is 7.12. The van der Waals surface area contributed by atoms with Crippen LogP contribution in [0.2, 0.25) is 0 Å². The summed E-state index contributed by atoms with van der Waals surface area (Å²) in [5.74, 6) is -0.579. The van der Waals surface area contributed by atoms with Crippen LogP contribution in [0.25, 0.3) is 0 Å². The molecule has 1 aliphatic rings. The number of aliphatic imine (C=N–C) groups is 1. The predicted octanol–water partition coefficient (Wildman–Crippen LogP) is 4.28. The molecule has 0 aliphatic carbocycles. The van der Waals surface area contributed by atoms with Crippen LogP contribution in [0.15, 0.2) is 77.1 Å². The first-order chi connectivity index (χ1) is 15.9. The number of nitrogens with two attached hydrogens (primary N) is 1. The Morgan fingerprint density at radius 1 is 1.24 bits per heavy atom. The first-order valence-electron chi connectivity index (χ1n) is 9.79. The lowest BCUT2D eigenvalue weighted by Gasteiger charge is -2.28. The molecule has 1 aliphatic heterocycles. The molecule has 4 rings (SSSR count). The summed E-state index contributed by atoms with van der Waals surface area (Å²) >= 11 is 0. The number of nitro groups is 1. The normalized spacial score (nSPS) is 15.0. The molecule has 33 heavy (non-hydrogen) atoms. The maximum Gasteiger partial charge on any atom is 0.273 e. The van der Waals surface area contributed by atoms with Gasteiger partial charge in [0.15, 0.2) is 0 Å². The van der Waals surface area contributed by atoms with Crippen molar-refractivity contribution in [2.75, 3.05) is 7.11 Å². The van der Waals surface area contributed by atoms with Gasteiger partial charge in [-0.2, -0.15) is 5.26 Å². The van der Waals surface area contributed by atoms with Crippen LogP contribution >= 0.6 is 0 Å². The fourth-order valence-electron chi connectivity index (χ4n) is 3.72. The average molecular weight is 442 g/mol. The molecule has 0 saturated heterocycles. The fraction of sp³-hybridized carbons (Fsp3) is 0.0833. The molecular formula is C24H18N4O5. The summed E-state index contributed by atoms with van der Waals surface area (Å²) in [6.45, 7) is 0. The van der Waals surface area contributed by atoms with E-state index in [9.17, 15) is 20.5 Å². The molecule has 1 heterocycles. The lowest BCUT2D eigenvalue weighted by molar-refractivity contribution is -0.385. The Bertz CT molecular complexity index is 1360. The lowest BCUT2D eigenvalue weighted by Crippen LogP contribution is -2.22. The number of nitriles is 1. The van der Waals surface area contributed by atoms with Gasteiger partial charge in [-0.15, -0.1) is 0 Å². The second kappa shape index (κ2) is 8.72. The first-order valence-corrected chi connectivity index (χ1v) is 9.79. The van der Waals surface area contributed by atoms with E-state index in [0.29, 0.717) is 17.0 Å². The summed E-state index contributed by atoms with van der Waals surface area (Å²) in [7, 11) is 1.55. The van der Waals surface area contributed by atoms with Crippen molar-refractivity contribution in [3.05, 3.63) is 98.9 Å². The number of para-hydroxylation sites is 1. The van der Waals surface area contributed by atoms with Gasteiger partial charge in [0.2, 0.25) is 5.88 Å². The third kappa shape index (κ3) is 3.93. The summed E-state index contributed by atoms with van der Waals surface area (Å²) < 4.78 is 10.9. The van der Waals surface area contributed by atoms with E-state index in [0.717, 1.165) is 0 Å². The van der Waals surface area contributed by atoms with Crippen molar-refractivity contribution < 1.29 is 19.5 Å². The minimum absolute atomic E-state index is 0.0333. The summed E-state index contributed by atoms with van der Waals surface area (Å²) in [5, 5.41) is 32.1. The number of phenols is 1. The van der Waals surface area contributed by atoms with Gasteiger partial charge in [-0.1, -0.05) is 24.3 Å². The molecular weight excluding hydrogens is 424 g/mol. The molecule has 1 atom stereocenters.